The minimum absolute atomic E-state index is 0.0214. The molecule has 2 aliphatic rings. The predicted molar refractivity (Wildman–Crippen MR) is 166 cm³/mol. The van der Waals surface area contributed by atoms with Gasteiger partial charge in [-0.15, -0.1) is 0 Å². The standard InChI is InChI=1S/C33H30FN5O9/c34-22-15-21(30(42)39-12-4-7-25(39)32(44)47-18-19-5-2-1-3-6-19)16-24(17-22)38-13-14-46-27(31(38)43)26(40)29(41)35-23-10-8-20(9-11-23)28-36-33(45)48-37-28/h1-3,5-6,8-11,15-17,25-27,40H,4,7,12-14,18H2,(H,35,41)(H,36,37,45)/t25-,26+,27+/m0/s1. The van der Waals surface area contributed by atoms with Gasteiger partial charge in [-0.25, -0.2) is 14.0 Å². The van der Waals surface area contributed by atoms with Gasteiger partial charge in [-0.3, -0.25) is 23.9 Å². The summed E-state index contributed by atoms with van der Waals surface area (Å²) in [5.74, 6) is -4.27. The first-order valence-electron chi connectivity index (χ1n) is 15.1. The van der Waals surface area contributed by atoms with Crippen LogP contribution in [0.15, 0.2) is 82.1 Å². The SMILES string of the molecule is O=C(Nc1ccc(-c2noc(=O)[nH]2)cc1)[C@H](O)[C@H]1OCCN(c2cc(F)cc(C(=O)N3CCC[C@H]3C(=O)OCc3ccccc3)c2)C1=O. The number of hydrogen-bond acceptors (Lipinski definition) is 10. The maximum absolute atomic E-state index is 14.9. The highest BCUT2D eigenvalue weighted by Crippen LogP contribution is 2.27. The molecule has 48 heavy (non-hydrogen) atoms. The molecule has 2 saturated heterocycles. The fourth-order valence-electron chi connectivity index (χ4n) is 5.61. The van der Waals surface area contributed by atoms with Gasteiger partial charge in [-0.05, 0) is 60.9 Å². The normalized spacial score (nSPS) is 18.4. The highest BCUT2D eigenvalue weighted by Gasteiger charge is 2.40. The first kappa shape index (κ1) is 32.3. The minimum Gasteiger partial charge on any atom is -0.459 e. The third-order valence-electron chi connectivity index (χ3n) is 7.99. The van der Waals surface area contributed by atoms with Crippen molar-refractivity contribution in [3.8, 4) is 11.4 Å². The average molecular weight is 660 g/mol. The van der Waals surface area contributed by atoms with Gasteiger partial charge in [0, 0.05) is 35.6 Å². The zero-order valence-electron chi connectivity index (χ0n) is 25.3. The number of aromatic amines is 1. The third kappa shape index (κ3) is 7.01. The summed E-state index contributed by atoms with van der Waals surface area (Å²) in [6.45, 7) is 0.181. The highest BCUT2D eigenvalue weighted by atomic mass is 19.1. The Hall–Kier alpha value is -5.67. The monoisotopic (exact) mass is 659 g/mol. The Morgan fingerprint density at radius 3 is 2.56 bits per heavy atom. The first-order chi connectivity index (χ1) is 23.2. The highest BCUT2D eigenvalue weighted by molar-refractivity contribution is 6.05. The molecule has 0 unspecified atom stereocenters. The van der Waals surface area contributed by atoms with Crippen molar-refractivity contribution in [2.45, 2.75) is 37.7 Å². The smallest absolute Gasteiger partial charge is 0.439 e. The molecule has 0 bridgehead atoms. The summed E-state index contributed by atoms with van der Waals surface area (Å²) in [4.78, 5) is 68.8. The fourth-order valence-corrected chi connectivity index (χ4v) is 5.61. The van der Waals surface area contributed by atoms with E-state index in [2.05, 4.69) is 20.0 Å². The van der Waals surface area contributed by atoms with Crippen LogP contribution in [-0.2, 0) is 30.5 Å². The number of esters is 1. The van der Waals surface area contributed by atoms with Crippen LogP contribution < -0.4 is 16.0 Å². The van der Waals surface area contributed by atoms with Gasteiger partial charge in [-0.2, -0.15) is 0 Å². The van der Waals surface area contributed by atoms with E-state index in [9.17, 15) is 33.5 Å². The number of aromatic nitrogens is 2. The summed E-state index contributed by atoms with van der Waals surface area (Å²) in [5, 5.41) is 16.9. The second kappa shape index (κ2) is 14.0. The zero-order valence-corrected chi connectivity index (χ0v) is 25.3. The molecule has 3 heterocycles. The lowest BCUT2D eigenvalue weighted by atomic mass is 10.1. The quantitative estimate of drug-likeness (QED) is 0.225. The number of anilines is 2. The van der Waals surface area contributed by atoms with E-state index in [1.54, 1.807) is 12.1 Å². The molecule has 3 aromatic carbocycles. The van der Waals surface area contributed by atoms with Gasteiger partial charge in [0.25, 0.3) is 17.7 Å². The summed E-state index contributed by atoms with van der Waals surface area (Å²) in [6.07, 6.45) is -2.62. The van der Waals surface area contributed by atoms with Crippen LogP contribution in [0.5, 0.6) is 0 Å². The Balaban J connectivity index is 1.12. The van der Waals surface area contributed by atoms with Crippen molar-refractivity contribution in [2.24, 2.45) is 0 Å². The Labute approximate surface area is 272 Å². The summed E-state index contributed by atoms with van der Waals surface area (Å²) in [6, 6.07) is 17.7. The van der Waals surface area contributed by atoms with Gasteiger partial charge < -0.3 is 29.7 Å². The molecule has 248 valence electrons. The number of aliphatic hydroxyl groups is 1. The molecule has 0 spiro atoms. The van der Waals surface area contributed by atoms with E-state index in [-0.39, 0.29) is 49.1 Å². The molecule has 0 radical (unpaired) electrons. The summed E-state index contributed by atoms with van der Waals surface area (Å²) in [7, 11) is 0. The molecule has 2 fully saturated rings. The van der Waals surface area contributed by atoms with Crippen LogP contribution >= 0.6 is 0 Å². The molecule has 4 aromatic rings. The van der Waals surface area contributed by atoms with E-state index >= 15 is 0 Å². The van der Waals surface area contributed by atoms with Crippen LogP contribution in [0.4, 0.5) is 15.8 Å². The van der Waals surface area contributed by atoms with Crippen LogP contribution in [0, 0.1) is 5.82 Å². The largest absolute Gasteiger partial charge is 0.459 e. The molecular formula is C33H30FN5O9. The molecule has 0 aliphatic carbocycles. The maximum atomic E-state index is 14.9. The second-order valence-corrected chi connectivity index (χ2v) is 11.2. The molecule has 2 aliphatic heterocycles. The lowest BCUT2D eigenvalue weighted by molar-refractivity contribution is -0.150. The van der Waals surface area contributed by atoms with E-state index < -0.39 is 53.5 Å². The van der Waals surface area contributed by atoms with Crippen LogP contribution in [-0.4, -0.2) is 81.8 Å². The number of likely N-dealkylation sites (tertiary alicyclic amines) is 1. The van der Waals surface area contributed by atoms with E-state index in [4.69, 9.17) is 9.47 Å². The van der Waals surface area contributed by atoms with Gasteiger partial charge in [0.15, 0.2) is 18.0 Å². The number of morpholine rings is 1. The van der Waals surface area contributed by atoms with Crippen molar-refractivity contribution in [1.82, 2.24) is 15.0 Å². The topological polar surface area (TPSA) is 184 Å². The van der Waals surface area contributed by atoms with Crippen LogP contribution in [0.1, 0.15) is 28.8 Å². The Kier molecular flexibility index (Phi) is 9.40. The number of ether oxygens (including phenoxy) is 2. The van der Waals surface area contributed by atoms with E-state index in [1.165, 1.54) is 23.1 Å². The Morgan fingerprint density at radius 1 is 1.06 bits per heavy atom. The average Bonchev–Trinajstić information content (AvgIpc) is 3.77. The number of hydrogen-bond donors (Lipinski definition) is 3. The maximum Gasteiger partial charge on any atom is 0.439 e. The summed E-state index contributed by atoms with van der Waals surface area (Å²) < 4.78 is 30.3. The number of carbonyl (C=O) groups excluding carboxylic acids is 4. The molecule has 6 rings (SSSR count). The Morgan fingerprint density at radius 2 is 1.83 bits per heavy atom. The third-order valence-corrected chi connectivity index (χ3v) is 7.99. The number of H-pyrrole nitrogens is 1. The zero-order chi connectivity index (χ0) is 33.8. The van der Waals surface area contributed by atoms with Crippen LogP contribution in [0.25, 0.3) is 11.4 Å². The first-order valence-corrected chi connectivity index (χ1v) is 15.1. The molecule has 14 nitrogen and oxygen atoms in total. The number of halogens is 1. The van der Waals surface area contributed by atoms with Crippen molar-refractivity contribution in [2.75, 3.05) is 29.9 Å². The number of nitrogens with zero attached hydrogens (tertiary/aromatic N) is 3. The second-order valence-electron chi connectivity index (χ2n) is 11.2. The minimum atomic E-state index is -1.94. The number of nitrogens with one attached hydrogen (secondary N) is 2. The molecule has 1 aromatic heterocycles. The number of rotatable bonds is 9. The molecule has 3 amide bonds. The molecule has 3 N–H and O–H groups in total. The molecule has 3 atom stereocenters. The molecule has 0 saturated carbocycles. The van der Waals surface area contributed by atoms with Gasteiger partial charge in [-0.1, -0.05) is 35.5 Å². The van der Waals surface area contributed by atoms with E-state index in [0.29, 0.717) is 18.4 Å². The lowest BCUT2D eigenvalue weighted by Crippen LogP contribution is -2.55. The van der Waals surface area contributed by atoms with Gasteiger partial charge in [0.05, 0.1) is 6.61 Å². The number of benzene rings is 3. The number of amides is 3. The number of aliphatic hydroxyl groups excluding tert-OH is 1. The predicted octanol–water partition coefficient (Wildman–Crippen LogP) is 2.25. The lowest BCUT2D eigenvalue weighted by Gasteiger charge is -2.34. The van der Waals surface area contributed by atoms with Crippen LogP contribution in [0.2, 0.25) is 0 Å². The van der Waals surface area contributed by atoms with Crippen molar-refractivity contribution in [1.29, 1.82) is 0 Å². The van der Waals surface area contributed by atoms with Crippen LogP contribution in [0.3, 0.4) is 0 Å². The van der Waals surface area contributed by atoms with Crippen molar-refractivity contribution in [3.63, 3.8) is 0 Å². The number of carbonyl (C=O) groups is 4. The van der Waals surface area contributed by atoms with Gasteiger partial charge in [0.2, 0.25) is 0 Å². The van der Waals surface area contributed by atoms with E-state index in [1.807, 2.05) is 30.3 Å². The van der Waals surface area contributed by atoms with Crippen molar-refractivity contribution in [3.05, 3.63) is 100 Å². The summed E-state index contributed by atoms with van der Waals surface area (Å²) in [5.41, 5.74) is 1.50. The van der Waals surface area contributed by atoms with Gasteiger partial charge >= 0.3 is 11.7 Å². The fraction of sp³-hybridized carbons (Fsp3) is 0.273. The Bertz CT molecular complexity index is 1880. The van der Waals surface area contributed by atoms with Crippen molar-refractivity contribution >= 4 is 35.1 Å². The summed E-state index contributed by atoms with van der Waals surface area (Å²) >= 11 is 0. The molecular weight excluding hydrogens is 629 g/mol. The molecule has 15 heteroatoms. The van der Waals surface area contributed by atoms with Gasteiger partial charge in [0.1, 0.15) is 18.5 Å². The van der Waals surface area contributed by atoms with E-state index in [0.717, 1.165) is 22.6 Å². The van der Waals surface area contributed by atoms with Crippen molar-refractivity contribution < 1.29 is 42.7 Å².